The van der Waals surface area contributed by atoms with Gasteiger partial charge in [-0.15, -0.1) is 5.10 Å². The standard InChI is InChI=1S/C18H19N7O2S/c1-23-11-14(9-20-23)28(26,27)24-8-4-5-13(10-24)17-21-18-15-6-2-3-7-16(15)19-12-25(18)22-17/h2-3,6-7,9,11-13H,4-5,8,10H2,1H3/t13-/m0/s1. The zero-order valence-electron chi connectivity index (χ0n) is 15.3. The fraction of sp³-hybridized carbons (Fsp3) is 0.333. The van der Waals surface area contributed by atoms with E-state index in [1.165, 1.54) is 21.4 Å². The van der Waals surface area contributed by atoms with E-state index in [-0.39, 0.29) is 10.8 Å². The van der Waals surface area contributed by atoms with Crippen LogP contribution in [0.25, 0.3) is 16.6 Å². The van der Waals surface area contributed by atoms with Crippen molar-refractivity contribution in [2.45, 2.75) is 23.7 Å². The summed E-state index contributed by atoms with van der Waals surface area (Å²) < 4.78 is 30.6. The Morgan fingerprint density at radius 2 is 2.07 bits per heavy atom. The summed E-state index contributed by atoms with van der Waals surface area (Å²) >= 11 is 0. The Bertz CT molecular complexity index is 1280. The largest absolute Gasteiger partial charge is 0.274 e. The normalized spacial score (nSPS) is 18.8. The second kappa shape index (κ2) is 6.35. The third kappa shape index (κ3) is 2.76. The van der Waals surface area contributed by atoms with E-state index < -0.39 is 10.0 Å². The SMILES string of the molecule is Cn1cc(S(=O)(=O)N2CCC[C@H](c3nc4c5ccccc5ncn4n3)C2)cn1. The number of rotatable bonds is 3. The maximum Gasteiger partial charge on any atom is 0.246 e. The molecule has 28 heavy (non-hydrogen) atoms. The number of hydrogen-bond acceptors (Lipinski definition) is 6. The van der Waals surface area contributed by atoms with Crippen LogP contribution >= 0.6 is 0 Å². The summed E-state index contributed by atoms with van der Waals surface area (Å²) in [5.41, 5.74) is 1.60. The maximum atomic E-state index is 12.9. The third-order valence-corrected chi connectivity index (χ3v) is 6.99. The highest BCUT2D eigenvalue weighted by Gasteiger charge is 2.33. The van der Waals surface area contributed by atoms with Crippen molar-refractivity contribution in [2.24, 2.45) is 7.05 Å². The lowest BCUT2D eigenvalue weighted by atomic mass is 9.99. The lowest BCUT2D eigenvalue weighted by molar-refractivity contribution is 0.309. The fourth-order valence-corrected chi connectivity index (χ4v) is 5.23. The number of piperidine rings is 1. The van der Waals surface area contributed by atoms with Crippen molar-refractivity contribution >= 4 is 26.6 Å². The number of para-hydroxylation sites is 1. The molecular formula is C18H19N7O2S. The maximum absolute atomic E-state index is 12.9. The Hall–Kier alpha value is -2.85. The van der Waals surface area contributed by atoms with Crippen LogP contribution in [-0.4, -0.2) is 55.2 Å². The van der Waals surface area contributed by atoms with Crippen molar-refractivity contribution in [1.29, 1.82) is 0 Å². The Kier molecular flexibility index (Phi) is 3.91. The first-order valence-electron chi connectivity index (χ1n) is 9.11. The highest BCUT2D eigenvalue weighted by molar-refractivity contribution is 7.89. The molecule has 10 heteroatoms. The van der Waals surface area contributed by atoms with Gasteiger partial charge >= 0.3 is 0 Å². The van der Waals surface area contributed by atoms with E-state index in [1.807, 2.05) is 24.3 Å². The van der Waals surface area contributed by atoms with Gasteiger partial charge in [0.1, 0.15) is 11.2 Å². The zero-order valence-corrected chi connectivity index (χ0v) is 16.1. The molecule has 9 nitrogen and oxygen atoms in total. The van der Waals surface area contributed by atoms with Crippen LogP contribution in [0.5, 0.6) is 0 Å². The van der Waals surface area contributed by atoms with Crippen LogP contribution in [0.2, 0.25) is 0 Å². The van der Waals surface area contributed by atoms with Gasteiger partial charge in [0.15, 0.2) is 11.5 Å². The smallest absolute Gasteiger partial charge is 0.246 e. The topological polar surface area (TPSA) is 98.3 Å². The van der Waals surface area contributed by atoms with Gasteiger partial charge in [0.05, 0.1) is 11.7 Å². The molecule has 0 amide bonds. The monoisotopic (exact) mass is 397 g/mol. The van der Waals surface area contributed by atoms with Gasteiger partial charge in [-0.05, 0) is 25.0 Å². The van der Waals surface area contributed by atoms with Gasteiger partial charge in [-0.25, -0.2) is 22.9 Å². The predicted molar refractivity (Wildman–Crippen MR) is 102 cm³/mol. The van der Waals surface area contributed by atoms with Gasteiger partial charge in [-0.1, -0.05) is 12.1 Å². The summed E-state index contributed by atoms with van der Waals surface area (Å²) in [5, 5.41) is 9.50. The van der Waals surface area contributed by atoms with Crippen LogP contribution < -0.4 is 0 Å². The minimum Gasteiger partial charge on any atom is -0.274 e. The Labute approximate surface area is 161 Å². The summed E-state index contributed by atoms with van der Waals surface area (Å²) in [7, 11) is -1.87. The molecule has 4 heterocycles. The van der Waals surface area contributed by atoms with Crippen molar-refractivity contribution in [3.8, 4) is 0 Å². The fourth-order valence-electron chi connectivity index (χ4n) is 3.72. The van der Waals surface area contributed by atoms with E-state index in [2.05, 4.69) is 15.2 Å². The molecule has 3 aromatic heterocycles. The van der Waals surface area contributed by atoms with E-state index in [4.69, 9.17) is 4.98 Å². The first-order valence-corrected chi connectivity index (χ1v) is 10.6. The lowest BCUT2D eigenvalue weighted by Crippen LogP contribution is -2.39. The lowest BCUT2D eigenvalue weighted by Gasteiger charge is -2.30. The Balaban J connectivity index is 1.49. The molecule has 144 valence electrons. The molecule has 1 fully saturated rings. The summed E-state index contributed by atoms with van der Waals surface area (Å²) in [4.78, 5) is 9.36. The van der Waals surface area contributed by atoms with Gasteiger partial charge in [0.2, 0.25) is 10.0 Å². The molecular weight excluding hydrogens is 378 g/mol. The predicted octanol–water partition coefficient (Wildman–Crippen LogP) is 1.58. The molecule has 5 rings (SSSR count). The Morgan fingerprint density at radius 3 is 2.89 bits per heavy atom. The zero-order chi connectivity index (χ0) is 19.3. The van der Waals surface area contributed by atoms with Crippen molar-refractivity contribution in [1.82, 2.24) is 33.7 Å². The van der Waals surface area contributed by atoms with Crippen LogP contribution in [0, 0.1) is 0 Å². The van der Waals surface area contributed by atoms with Gasteiger partial charge < -0.3 is 0 Å². The third-order valence-electron chi connectivity index (χ3n) is 5.17. The van der Waals surface area contributed by atoms with Crippen molar-refractivity contribution < 1.29 is 8.42 Å². The number of fused-ring (bicyclic) bond motifs is 3. The first kappa shape index (κ1) is 17.3. The van der Waals surface area contributed by atoms with Crippen LogP contribution in [-0.2, 0) is 17.1 Å². The summed E-state index contributed by atoms with van der Waals surface area (Å²) in [6.07, 6.45) is 6.18. The minimum absolute atomic E-state index is 0.0566. The van der Waals surface area contributed by atoms with Gasteiger partial charge in [-0.2, -0.15) is 9.40 Å². The Morgan fingerprint density at radius 1 is 1.21 bits per heavy atom. The van der Waals surface area contributed by atoms with E-state index in [0.29, 0.717) is 18.9 Å². The molecule has 0 spiro atoms. The molecule has 1 atom stereocenters. The van der Waals surface area contributed by atoms with Crippen LogP contribution in [0.15, 0.2) is 47.9 Å². The highest BCUT2D eigenvalue weighted by Crippen LogP contribution is 2.29. The number of nitrogens with zero attached hydrogens (tertiary/aromatic N) is 7. The van der Waals surface area contributed by atoms with E-state index >= 15 is 0 Å². The molecule has 0 radical (unpaired) electrons. The minimum atomic E-state index is -3.57. The molecule has 0 aliphatic carbocycles. The average Bonchev–Trinajstić information content (AvgIpc) is 3.35. The van der Waals surface area contributed by atoms with E-state index in [1.54, 1.807) is 17.9 Å². The van der Waals surface area contributed by atoms with Crippen molar-refractivity contribution in [3.05, 3.63) is 48.8 Å². The quantitative estimate of drug-likeness (QED) is 0.521. The number of benzene rings is 1. The van der Waals surface area contributed by atoms with Crippen LogP contribution in [0.4, 0.5) is 0 Å². The van der Waals surface area contributed by atoms with Crippen LogP contribution in [0.3, 0.4) is 0 Å². The number of aromatic nitrogens is 6. The average molecular weight is 397 g/mol. The molecule has 0 N–H and O–H groups in total. The number of hydrogen-bond donors (Lipinski definition) is 0. The number of aryl methyl sites for hydroxylation is 1. The first-order chi connectivity index (χ1) is 13.5. The summed E-state index contributed by atoms with van der Waals surface area (Å²) in [6, 6.07) is 7.79. The molecule has 1 saturated heterocycles. The van der Waals surface area contributed by atoms with Crippen molar-refractivity contribution in [3.63, 3.8) is 0 Å². The molecule has 1 aromatic carbocycles. The molecule has 1 aliphatic heterocycles. The van der Waals surface area contributed by atoms with E-state index in [9.17, 15) is 8.42 Å². The van der Waals surface area contributed by atoms with E-state index in [0.717, 1.165) is 29.4 Å². The van der Waals surface area contributed by atoms with Gasteiger partial charge in [-0.3, -0.25) is 4.68 Å². The molecule has 0 saturated carbocycles. The molecule has 1 aliphatic rings. The van der Waals surface area contributed by atoms with Gasteiger partial charge in [0, 0.05) is 37.6 Å². The summed E-state index contributed by atoms with van der Waals surface area (Å²) in [5.74, 6) is 0.600. The summed E-state index contributed by atoms with van der Waals surface area (Å²) in [6.45, 7) is 0.852. The second-order valence-corrected chi connectivity index (χ2v) is 8.99. The molecule has 0 unspecified atom stereocenters. The number of sulfonamides is 1. The highest BCUT2D eigenvalue weighted by atomic mass is 32.2. The second-order valence-electron chi connectivity index (χ2n) is 7.05. The molecule has 0 bridgehead atoms. The van der Waals surface area contributed by atoms with Crippen LogP contribution in [0.1, 0.15) is 24.6 Å². The van der Waals surface area contributed by atoms with Gasteiger partial charge in [0.25, 0.3) is 0 Å². The molecule has 4 aromatic rings. The van der Waals surface area contributed by atoms with Crippen molar-refractivity contribution in [2.75, 3.05) is 13.1 Å².